The zero-order valence-electron chi connectivity index (χ0n) is 11.0. The Bertz CT molecular complexity index is 440. The molecule has 0 spiro atoms. The molecule has 1 aromatic rings. The maximum absolute atomic E-state index is 11.6. The Morgan fingerprint density at radius 2 is 1.89 bits per heavy atom. The minimum atomic E-state index is -0.351. The predicted molar refractivity (Wildman–Crippen MR) is 81.0 cm³/mol. The molecule has 0 fully saturated rings. The molecular weight excluding hydrogens is 378 g/mol. The van der Waals surface area contributed by atoms with E-state index in [1.807, 2.05) is 26.0 Å². The molecule has 0 radical (unpaired) electrons. The molecule has 1 rings (SSSR count). The van der Waals surface area contributed by atoms with Crippen molar-refractivity contribution < 1.29 is 14.6 Å². The second-order valence-electron chi connectivity index (χ2n) is 4.53. The van der Waals surface area contributed by atoms with Gasteiger partial charge >= 0.3 is 5.97 Å². The highest BCUT2D eigenvalue weighted by molar-refractivity contribution is 9.11. The predicted octanol–water partition coefficient (Wildman–Crippen LogP) is 3.20. The number of carbonyl (C=O) groups excluding carboxylic acids is 1. The molecule has 0 aliphatic heterocycles. The van der Waals surface area contributed by atoms with E-state index in [1.54, 1.807) is 0 Å². The van der Waals surface area contributed by atoms with E-state index in [2.05, 4.69) is 37.2 Å². The molecule has 0 aliphatic rings. The highest BCUT2D eigenvalue weighted by Crippen LogP contribution is 2.33. The number of benzene rings is 1. The molecular formula is C13H17Br2NO3. The van der Waals surface area contributed by atoms with Crippen LogP contribution in [0.15, 0.2) is 21.1 Å². The number of phenolic OH excluding ortho intramolecular Hbond substituents is 1. The van der Waals surface area contributed by atoms with Crippen molar-refractivity contribution in [3.05, 3.63) is 26.6 Å². The molecule has 0 heterocycles. The fourth-order valence-electron chi connectivity index (χ4n) is 1.67. The van der Waals surface area contributed by atoms with Gasteiger partial charge in [0.2, 0.25) is 0 Å². The van der Waals surface area contributed by atoms with Crippen molar-refractivity contribution in [1.82, 2.24) is 5.32 Å². The molecule has 106 valence electrons. The van der Waals surface area contributed by atoms with Gasteiger partial charge in [-0.25, -0.2) is 0 Å². The van der Waals surface area contributed by atoms with Crippen molar-refractivity contribution in [3.8, 4) is 5.75 Å². The zero-order chi connectivity index (χ0) is 14.6. The minimum absolute atomic E-state index is 0.136. The van der Waals surface area contributed by atoms with Gasteiger partial charge in [0.05, 0.1) is 16.1 Å². The summed E-state index contributed by atoms with van der Waals surface area (Å²) >= 11 is 6.55. The quantitative estimate of drug-likeness (QED) is 0.753. The number of phenols is 1. The van der Waals surface area contributed by atoms with E-state index in [9.17, 15) is 9.90 Å². The summed E-state index contributed by atoms with van der Waals surface area (Å²) in [5.41, 5.74) is 0.950. The average molecular weight is 395 g/mol. The summed E-state index contributed by atoms with van der Waals surface area (Å²) in [6.45, 7) is 4.42. The van der Waals surface area contributed by atoms with Crippen LogP contribution >= 0.6 is 31.9 Å². The second-order valence-corrected chi connectivity index (χ2v) is 6.24. The molecule has 0 saturated heterocycles. The smallest absolute Gasteiger partial charge is 0.323 e. The van der Waals surface area contributed by atoms with Crippen LogP contribution in [-0.4, -0.2) is 24.2 Å². The van der Waals surface area contributed by atoms with Gasteiger partial charge in [0.1, 0.15) is 11.8 Å². The van der Waals surface area contributed by atoms with Gasteiger partial charge in [-0.3, -0.25) is 4.79 Å². The molecule has 1 atom stereocenters. The van der Waals surface area contributed by atoms with Crippen molar-refractivity contribution in [3.63, 3.8) is 0 Å². The maximum Gasteiger partial charge on any atom is 0.323 e. The lowest BCUT2D eigenvalue weighted by Crippen LogP contribution is -2.41. The van der Waals surface area contributed by atoms with Crippen LogP contribution in [0.25, 0.3) is 0 Å². The van der Waals surface area contributed by atoms with Crippen LogP contribution in [-0.2, 0) is 16.1 Å². The van der Waals surface area contributed by atoms with Gasteiger partial charge in [0.15, 0.2) is 0 Å². The van der Waals surface area contributed by atoms with Crippen LogP contribution in [0.1, 0.15) is 19.4 Å². The lowest BCUT2D eigenvalue weighted by atomic mass is 10.0. The van der Waals surface area contributed by atoms with Gasteiger partial charge in [-0.2, -0.15) is 0 Å². The van der Waals surface area contributed by atoms with Gasteiger partial charge in [0.25, 0.3) is 0 Å². The Balaban J connectivity index is 2.77. The molecule has 1 aromatic carbocycles. The SMILES string of the molecule is COC(=O)[C@@H](NCc1cc(Br)c(O)c(Br)c1)C(C)C. The number of rotatable bonds is 5. The van der Waals surface area contributed by atoms with Gasteiger partial charge in [-0.1, -0.05) is 13.8 Å². The highest BCUT2D eigenvalue weighted by Gasteiger charge is 2.22. The first-order valence-electron chi connectivity index (χ1n) is 5.85. The van der Waals surface area contributed by atoms with Gasteiger partial charge < -0.3 is 15.2 Å². The summed E-state index contributed by atoms with van der Waals surface area (Å²) in [4.78, 5) is 11.6. The molecule has 4 nitrogen and oxygen atoms in total. The number of hydrogen-bond acceptors (Lipinski definition) is 4. The monoisotopic (exact) mass is 393 g/mol. The minimum Gasteiger partial charge on any atom is -0.506 e. The molecule has 0 saturated carbocycles. The fraction of sp³-hybridized carbons (Fsp3) is 0.462. The van der Waals surface area contributed by atoms with Crippen molar-refractivity contribution >= 4 is 37.8 Å². The topological polar surface area (TPSA) is 58.6 Å². The van der Waals surface area contributed by atoms with Crippen LogP contribution in [0.2, 0.25) is 0 Å². The van der Waals surface area contributed by atoms with Crippen LogP contribution in [0.4, 0.5) is 0 Å². The van der Waals surface area contributed by atoms with E-state index in [1.165, 1.54) is 7.11 Å². The summed E-state index contributed by atoms with van der Waals surface area (Å²) in [7, 11) is 1.38. The third kappa shape index (κ3) is 4.47. The zero-order valence-corrected chi connectivity index (χ0v) is 14.2. The summed E-state index contributed by atoms with van der Waals surface area (Å²) in [6, 6.07) is 3.26. The Hall–Kier alpha value is -0.590. The third-order valence-corrected chi connectivity index (χ3v) is 3.93. The second kappa shape index (κ2) is 7.26. The normalized spacial score (nSPS) is 12.5. The Morgan fingerprint density at radius 1 is 1.37 bits per heavy atom. The van der Waals surface area contributed by atoms with E-state index in [4.69, 9.17) is 4.74 Å². The first kappa shape index (κ1) is 16.5. The molecule has 0 aromatic heterocycles. The lowest BCUT2D eigenvalue weighted by molar-refractivity contribution is -0.144. The van der Waals surface area contributed by atoms with Crippen molar-refractivity contribution in [2.45, 2.75) is 26.4 Å². The molecule has 0 unspecified atom stereocenters. The van der Waals surface area contributed by atoms with Crippen LogP contribution in [0.3, 0.4) is 0 Å². The Kier molecular flexibility index (Phi) is 6.29. The van der Waals surface area contributed by atoms with Crippen LogP contribution < -0.4 is 5.32 Å². The van der Waals surface area contributed by atoms with E-state index in [-0.39, 0.29) is 23.7 Å². The molecule has 19 heavy (non-hydrogen) atoms. The van der Waals surface area contributed by atoms with Crippen molar-refractivity contribution in [2.75, 3.05) is 7.11 Å². The van der Waals surface area contributed by atoms with Crippen LogP contribution in [0, 0.1) is 5.92 Å². The number of carbonyl (C=O) groups is 1. The number of methoxy groups -OCH3 is 1. The Morgan fingerprint density at radius 3 is 2.32 bits per heavy atom. The first-order chi connectivity index (χ1) is 8.86. The van der Waals surface area contributed by atoms with Crippen LogP contribution in [0.5, 0.6) is 5.75 Å². The fourth-order valence-corrected chi connectivity index (χ4v) is 2.95. The van der Waals surface area contributed by atoms with E-state index in [0.717, 1.165) is 5.56 Å². The molecule has 2 N–H and O–H groups in total. The molecule has 0 bridgehead atoms. The summed E-state index contributed by atoms with van der Waals surface area (Å²) in [5, 5.41) is 12.8. The van der Waals surface area contributed by atoms with Gasteiger partial charge in [-0.15, -0.1) is 0 Å². The summed E-state index contributed by atoms with van der Waals surface area (Å²) in [5.74, 6) is 0.0282. The van der Waals surface area contributed by atoms with E-state index in [0.29, 0.717) is 15.5 Å². The number of nitrogens with one attached hydrogen (secondary N) is 1. The summed E-state index contributed by atoms with van der Waals surface area (Å²) in [6.07, 6.45) is 0. The summed E-state index contributed by atoms with van der Waals surface area (Å²) < 4.78 is 5.99. The van der Waals surface area contributed by atoms with Crippen molar-refractivity contribution in [2.24, 2.45) is 5.92 Å². The average Bonchev–Trinajstić information content (AvgIpc) is 2.35. The number of esters is 1. The molecule has 0 aliphatic carbocycles. The Labute approximate surface area is 129 Å². The number of hydrogen-bond donors (Lipinski definition) is 2. The van der Waals surface area contributed by atoms with E-state index < -0.39 is 0 Å². The maximum atomic E-state index is 11.6. The number of halogens is 2. The van der Waals surface area contributed by atoms with E-state index >= 15 is 0 Å². The third-order valence-electron chi connectivity index (χ3n) is 2.72. The number of aromatic hydroxyl groups is 1. The highest BCUT2D eigenvalue weighted by atomic mass is 79.9. The van der Waals surface area contributed by atoms with Crippen molar-refractivity contribution in [1.29, 1.82) is 0 Å². The van der Waals surface area contributed by atoms with Gasteiger partial charge in [0, 0.05) is 6.54 Å². The van der Waals surface area contributed by atoms with Gasteiger partial charge in [-0.05, 0) is 55.5 Å². The molecule has 6 heteroatoms. The first-order valence-corrected chi connectivity index (χ1v) is 7.43. The molecule has 0 amide bonds. The largest absolute Gasteiger partial charge is 0.506 e. The standard InChI is InChI=1S/C13H17Br2NO3/c1-7(2)11(13(18)19-3)16-6-8-4-9(14)12(17)10(15)5-8/h4-5,7,11,16-17H,6H2,1-3H3/t11-/m0/s1. The number of ether oxygens (including phenoxy) is 1. The lowest BCUT2D eigenvalue weighted by Gasteiger charge is -2.20.